The fraction of sp³-hybridized carbons (Fsp3) is 0.938. The van der Waals surface area contributed by atoms with E-state index in [1.54, 1.807) is 7.11 Å². The van der Waals surface area contributed by atoms with Crippen molar-refractivity contribution in [1.29, 1.82) is 0 Å². The first-order valence-corrected chi connectivity index (χ1v) is 8.11. The number of rotatable bonds is 8. The SMILES string of the molecule is CCOC(=O)C1(NC)CCCC(N(CCOC)C(C)C)C1. The summed E-state index contributed by atoms with van der Waals surface area (Å²) in [7, 11) is 3.60. The van der Waals surface area contributed by atoms with Crippen LogP contribution >= 0.6 is 0 Å². The summed E-state index contributed by atoms with van der Waals surface area (Å²) in [6.07, 6.45) is 3.84. The van der Waals surface area contributed by atoms with Crippen LogP contribution in [0.25, 0.3) is 0 Å². The van der Waals surface area contributed by atoms with Crippen LogP contribution in [0.4, 0.5) is 0 Å². The number of nitrogens with zero attached hydrogens (tertiary/aromatic N) is 1. The largest absolute Gasteiger partial charge is 0.465 e. The summed E-state index contributed by atoms with van der Waals surface area (Å²) in [6, 6.07) is 0.839. The summed E-state index contributed by atoms with van der Waals surface area (Å²) in [6.45, 7) is 8.33. The lowest BCUT2D eigenvalue weighted by Gasteiger charge is -2.44. The molecule has 0 radical (unpaired) electrons. The monoisotopic (exact) mass is 300 g/mol. The summed E-state index contributed by atoms with van der Waals surface area (Å²) in [5.74, 6) is -0.104. The van der Waals surface area contributed by atoms with Crippen molar-refractivity contribution in [3.05, 3.63) is 0 Å². The smallest absolute Gasteiger partial charge is 0.326 e. The molecule has 0 aromatic heterocycles. The van der Waals surface area contributed by atoms with E-state index in [-0.39, 0.29) is 5.97 Å². The number of likely N-dealkylation sites (N-methyl/N-ethyl adjacent to an activating group) is 1. The Morgan fingerprint density at radius 3 is 2.71 bits per heavy atom. The first-order valence-electron chi connectivity index (χ1n) is 8.11. The highest BCUT2D eigenvalue weighted by atomic mass is 16.5. The minimum atomic E-state index is -0.529. The van der Waals surface area contributed by atoms with Gasteiger partial charge in [-0.3, -0.25) is 9.69 Å². The van der Waals surface area contributed by atoms with Gasteiger partial charge >= 0.3 is 5.97 Å². The fourth-order valence-electron chi connectivity index (χ4n) is 3.37. The minimum absolute atomic E-state index is 0.104. The van der Waals surface area contributed by atoms with Gasteiger partial charge in [0.1, 0.15) is 5.54 Å². The second kappa shape index (κ2) is 8.71. The zero-order valence-electron chi connectivity index (χ0n) is 14.3. The van der Waals surface area contributed by atoms with E-state index in [2.05, 4.69) is 24.1 Å². The highest BCUT2D eigenvalue weighted by Gasteiger charge is 2.44. The number of carbonyl (C=O) groups excluding carboxylic acids is 1. The maximum atomic E-state index is 12.4. The average molecular weight is 300 g/mol. The molecule has 5 heteroatoms. The van der Waals surface area contributed by atoms with Gasteiger partial charge in [-0.2, -0.15) is 0 Å². The molecule has 124 valence electrons. The van der Waals surface area contributed by atoms with Crippen LogP contribution in [0.3, 0.4) is 0 Å². The van der Waals surface area contributed by atoms with E-state index in [0.717, 1.165) is 38.8 Å². The van der Waals surface area contributed by atoms with Crippen molar-refractivity contribution in [2.45, 2.75) is 64.1 Å². The Bertz CT molecular complexity index is 323. The lowest BCUT2D eigenvalue weighted by molar-refractivity contribution is -0.153. The standard InChI is InChI=1S/C16H32N2O3/c1-6-21-15(19)16(17-4)9-7-8-14(12-16)18(13(2)3)10-11-20-5/h13-14,17H,6-12H2,1-5H3. The number of esters is 1. The quantitative estimate of drug-likeness (QED) is 0.693. The lowest BCUT2D eigenvalue weighted by atomic mass is 9.78. The average Bonchev–Trinajstić information content (AvgIpc) is 2.47. The summed E-state index contributed by atoms with van der Waals surface area (Å²) in [5.41, 5.74) is -0.529. The predicted molar refractivity (Wildman–Crippen MR) is 84.4 cm³/mol. The van der Waals surface area contributed by atoms with Gasteiger partial charge in [0.2, 0.25) is 0 Å². The Labute approximate surface area is 129 Å². The summed E-state index contributed by atoms with van der Waals surface area (Å²) in [5, 5.41) is 3.25. The molecule has 1 rings (SSSR count). The number of methoxy groups -OCH3 is 1. The normalized spacial score (nSPS) is 26.3. The third kappa shape index (κ3) is 4.66. The van der Waals surface area contributed by atoms with Crippen molar-refractivity contribution in [1.82, 2.24) is 10.2 Å². The Balaban J connectivity index is 2.82. The molecule has 1 saturated carbocycles. The molecule has 0 spiro atoms. The molecule has 21 heavy (non-hydrogen) atoms. The van der Waals surface area contributed by atoms with Crippen molar-refractivity contribution in [3.63, 3.8) is 0 Å². The van der Waals surface area contributed by atoms with Gasteiger partial charge in [0.15, 0.2) is 0 Å². The first kappa shape index (κ1) is 18.4. The molecule has 2 atom stereocenters. The molecular formula is C16H32N2O3. The topological polar surface area (TPSA) is 50.8 Å². The van der Waals surface area contributed by atoms with Gasteiger partial charge in [-0.1, -0.05) is 0 Å². The number of nitrogens with one attached hydrogen (secondary N) is 1. The Morgan fingerprint density at radius 1 is 1.48 bits per heavy atom. The van der Waals surface area contributed by atoms with Gasteiger partial charge in [-0.25, -0.2) is 0 Å². The van der Waals surface area contributed by atoms with Gasteiger partial charge in [0, 0.05) is 25.7 Å². The van der Waals surface area contributed by atoms with E-state index >= 15 is 0 Å². The molecule has 2 unspecified atom stereocenters. The predicted octanol–water partition coefficient (Wildman–Crippen LogP) is 1.81. The molecule has 1 fully saturated rings. The molecule has 0 aromatic rings. The molecule has 5 nitrogen and oxygen atoms in total. The van der Waals surface area contributed by atoms with Gasteiger partial charge in [0.05, 0.1) is 13.2 Å². The number of carbonyl (C=O) groups is 1. The van der Waals surface area contributed by atoms with E-state index in [9.17, 15) is 4.79 Å². The van der Waals surface area contributed by atoms with Crippen LogP contribution in [-0.4, -0.2) is 62.4 Å². The minimum Gasteiger partial charge on any atom is -0.465 e. The van der Waals surface area contributed by atoms with Crippen molar-refractivity contribution in [3.8, 4) is 0 Å². The lowest BCUT2D eigenvalue weighted by Crippen LogP contribution is -2.58. The van der Waals surface area contributed by atoms with E-state index in [0.29, 0.717) is 18.7 Å². The third-order valence-corrected chi connectivity index (χ3v) is 4.56. The highest BCUT2D eigenvalue weighted by Crippen LogP contribution is 2.33. The van der Waals surface area contributed by atoms with Gasteiger partial charge in [0.25, 0.3) is 0 Å². The molecular weight excluding hydrogens is 268 g/mol. The summed E-state index contributed by atoms with van der Waals surface area (Å²) < 4.78 is 10.5. The van der Waals surface area contributed by atoms with Crippen LogP contribution in [0.15, 0.2) is 0 Å². The Kier molecular flexibility index (Phi) is 7.63. The zero-order valence-corrected chi connectivity index (χ0v) is 14.3. The molecule has 0 amide bonds. The summed E-state index contributed by atoms with van der Waals surface area (Å²) >= 11 is 0. The van der Waals surface area contributed by atoms with Crippen molar-refractivity contribution < 1.29 is 14.3 Å². The number of hydrogen-bond donors (Lipinski definition) is 1. The second-order valence-electron chi connectivity index (χ2n) is 6.13. The van der Waals surface area contributed by atoms with Crippen molar-refractivity contribution in [2.75, 3.05) is 33.9 Å². The molecule has 1 aliphatic rings. The van der Waals surface area contributed by atoms with Crippen molar-refractivity contribution in [2.24, 2.45) is 0 Å². The number of hydrogen-bond acceptors (Lipinski definition) is 5. The van der Waals surface area contributed by atoms with E-state index in [4.69, 9.17) is 9.47 Å². The maximum absolute atomic E-state index is 12.4. The van der Waals surface area contributed by atoms with E-state index in [1.165, 1.54) is 0 Å². The van der Waals surface area contributed by atoms with Crippen LogP contribution < -0.4 is 5.32 Å². The van der Waals surface area contributed by atoms with Crippen LogP contribution in [0.2, 0.25) is 0 Å². The van der Waals surface area contributed by atoms with Gasteiger partial charge in [-0.05, 0) is 53.5 Å². The maximum Gasteiger partial charge on any atom is 0.326 e. The van der Waals surface area contributed by atoms with E-state index in [1.807, 2.05) is 14.0 Å². The molecule has 1 aliphatic carbocycles. The van der Waals surface area contributed by atoms with Crippen LogP contribution in [0, 0.1) is 0 Å². The molecule has 0 saturated heterocycles. The Morgan fingerprint density at radius 2 is 2.19 bits per heavy atom. The van der Waals surface area contributed by atoms with Gasteiger partial charge in [-0.15, -0.1) is 0 Å². The molecule has 0 aromatic carbocycles. The molecule has 1 N–H and O–H groups in total. The Hall–Kier alpha value is -0.650. The van der Waals surface area contributed by atoms with Crippen LogP contribution in [-0.2, 0) is 14.3 Å². The van der Waals surface area contributed by atoms with Crippen LogP contribution in [0.1, 0.15) is 46.5 Å². The van der Waals surface area contributed by atoms with E-state index < -0.39 is 5.54 Å². The third-order valence-electron chi connectivity index (χ3n) is 4.56. The first-order chi connectivity index (χ1) is 10.0. The molecule has 0 aliphatic heterocycles. The molecule has 0 heterocycles. The zero-order chi connectivity index (χ0) is 15.9. The molecule has 0 bridgehead atoms. The highest BCUT2D eigenvalue weighted by molar-refractivity contribution is 5.81. The fourth-order valence-corrected chi connectivity index (χ4v) is 3.37. The second-order valence-corrected chi connectivity index (χ2v) is 6.13. The van der Waals surface area contributed by atoms with Gasteiger partial charge < -0.3 is 14.8 Å². The summed E-state index contributed by atoms with van der Waals surface area (Å²) in [4.78, 5) is 14.8. The number of ether oxygens (including phenoxy) is 2. The van der Waals surface area contributed by atoms with Crippen molar-refractivity contribution >= 4 is 5.97 Å². The van der Waals surface area contributed by atoms with Crippen LogP contribution in [0.5, 0.6) is 0 Å².